The molecule has 5 heteroatoms. The van der Waals surface area contributed by atoms with E-state index in [0.717, 1.165) is 32.4 Å². The van der Waals surface area contributed by atoms with Crippen molar-refractivity contribution in [1.29, 1.82) is 0 Å². The molecule has 1 aromatic rings. The number of nitrogens with zero attached hydrogens (tertiary/aromatic N) is 2. The molecule has 0 bridgehead atoms. The lowest BCUT2D eigenvalue weighted by atomic mass is 10.1. The molecule has 92 valence electrons. The highest BCUT2D eigenvalue weighted by Crippen LogP contribution is 2.12. The fourth-order valence-corrected chi connectivity index (χ4v) is 1.84. The number of aromatic nitrogens is 1. The van der Waals surface area contributed by atoms with Crippen LogP contribution in [0.5, 0.6) is 5.75 Å². The number of ether oxygens (including phenoxy) is 1. The molecule has 0 N–H and O–H groups in total. The summed E-state index contributed by atoms with van der Waals surface area (Å²) in [6.07, 6.45) is 4.42. The molecule has 0 atom stereocenters. The van der Waals surface area contributed by atoms with Gasteiger partial charge in [0.25, 0.3) is 5.56 Å². The first-order valence-corrected chi connectivity index (χ1v) is 5.80. The van der Waals surface area contributed by atoms with Crippen LogP contribution in [0.2, 0.25) is 0 Å². The Kier molecular flexibility index (Phi) is 3.46. The fraction of sp³-hybridized carbons (Fsp3) is 0.500. The van der Waals surface area contributed by atoms with Crippen LogP contribution in [0.25, 0.3) is 0 Å². The molecule has 1 aliphatic heterocycles. The van der Waals surface area contributed by atoms with Crippen molar-refractivity contribution in [1.82, 2.24) is 9.47 Å². The van der Waals surface area contributed by atoms with Gasteiger partial charge in [-0.15, -0.1) is 0 Å². The molecule has 2 rings (SSSR count). The molecule has 1 amide bonds. The van der Waals surface area contributed by atoms with Crippen molar-refractivity contribution < 1.29 is 9.53 Å². The third kappa shape index (κ3) is 2.87. The largest absolute Gasteiger partial charge is 0.415 e. The number of aryl methyl sites for hydroxylation is 1. The number of hydrogen-bond donors (Lipinski definition) is 0. The van der Waals surface area contributed by atoms with Crippen LogP contribution in [-0.2, 0) is 7.05 Å². The van der Waals surface area contributed by atoms with Gasteiger partial charge in [0.05, 0.1) is 0 Å². The summed E-state index contributed by atoms with van der Waals surface area (Å²) < 4.78 is 6.59. The van der Waals surface area contributed by atoms with Gasteiger partial charge in [-0.3, -0.25) is 4.79 Å². The van der Waals surface area contributed by atoms with Crippen molar-refractivity contribution in [3.05, 3.63) is 28.7 Å². The lowest BCUT2D eigenvalue weighted by Crippen LogP contribution is -2.37. The Morgan fingerprint density at radius 3 is 2.65 bits per heavy atom. The van der Waals surface area contributed by atoms with Crippen molar-refractivity contribution >= 4 is 6.09 Å². The van der Waals surface area contributed by atoms with E-state index in [1.54, 1.807) is 24.2 Å². The van der Waals surface area contributed by atoms with Gasteiger partial charge in [0, 0.05) is 32.4 Å². The highest BCUT2D eigenvalue weighted by atomic mass is 16.6. The molecule has 0 saturated carbocycles. The minimum Gasteiger partial charge on any atom is -0.410 e. The maximum absolute atomic E-state index is 11.8. The zero-order valence-corrected chi connectivity index (χ0v) is 9.89. The maximum atomic E-state index is 11.8. The van der Waals surface area contributed by atoms with Crippen molar-refractivity contribution in [2.24, 2.45) is 7.05 Å². The van der Waals surface area contributed by atoms with Crippen LogP contribution in [0.15, 0.2) is 23.1 Å². The van der Waals surface area contributed by atoms with Gasteiger partial charge >= 0.3 is 6.09 Å². The van der Waals surface area contributed by atoms with Crippen LogP contribution in [-0.4, -0.2) is 28.6 Å². The summed E-state index contributed by atoms with van der Waals surface area (Å²) in [5.41, 5.74) is -0.186. The molecule has 0 unspecified atom stereocenters. The lowest BCUT2D eigenvalue weighted by Gasteiger charge is -2.25. The van der Waals surface area contributed by atoms with Crippen LogP contribution in [0.4, 0.5) is 4.79 Å². The quantitative estimate of drug-likeness (QED) is 0.740. The van der Waals surface area contributed by atoms with E-state index in [2.05, 4.69) is 0 Å². The maximum Gasteiger partial charge on any atom is 0.415 e. The third-order valence-electron chi connectivity index (χ3n) is 2.90. The van der Waals surface area contributed by atoms with Crippen LogP contribution in [0.1, 0.15) is 19.3 Å². The predicted octanol–water partition coefficient (Wildman–Crippen LogP) is 1.37. The molecular formula is C12H16N2O3. The van der Waals surface area contributed by atoms with E-state index < -0.39 is 0 Å². The Bertz CT molecular complexity index is 461. The van der Waals surface area contributed by atoms with E-state index >= 15 is 0 Å². The van der Waals surface area contributed by atoms with Crippen molar-refractivity contribution in [3.63, 3.8) is 0 Å². The van der Waals surface area contributed by atoms with Crippen molar-refractivity contribution in [2.75, 3.05) is 13.1 Å². The Balaban J connectivity index is 2.02. The average molecular weight is 236 g/mol. The Labute approximate surface area is 99.6 Å². The zero-order chi connectivity index (χ0) is 12.3. The summed E-state index contributed by atoms with van der Waals surface area (Å²) in [5.74, 6) is 0.309. The fourth-order valence-electron chi connectivity index (χ4n) is 1.84. The van der Waals surface area contributed by atoms with Crippen molar-refractivity contribution in [2.45, 2.75) is 19.3 Å². The summed E-state index contributed by atoms with van der Waals surface area (Å²) >= 11 is 0. The molecule has 0 radical (unpaired) electrons. The minimum absolute atomic E-state index is 0.186. The Hall–Kier alpha value is -1.78. The molecule has 2 heterocycles. The molecule has 1 saturated heterocycles. The van der Waals surface area contributed by atoms with Gasteiger partial charge in [-0.1, -0.05) is 0 Å². The monoisotopic (exact) mass is 236 g/mol. The molecule has 1 fully saturated rings. The van der Waals surface area contributed by atoms with Crippen LogP contribution in [0, 0.1) is 0 Å². The van der Waals surface area contributed by atoms with Gasteiger partial charge in [0.2, 0.25) is 0 Å². The zero-order valence-electron chi connectivity index (χ0n) is 9.89. The minimum atomic E-state index is -0.363. The SMILES string of the molecule is Cn1ccc(OC(=O)N2CCCCC2)cc1=O. The highest BCUT2D eigenvalue weighted by Gasteiger charge is 2.18. The number of likely N-dealkylation sites (tertiary alicyclic amines) is 1. The highest BCUT2D eigenvalue weighted by molar-refractivity contribution is 5.70. The number of hydrogen-bond acceptors (Lipinski definition) is 3. The normalized spacial score (nSPS) is 15.7. The first-order valence-electron chi connectivity index (χ1n) is 5.80. The number of carbonyl (C=O) groups is 1. The van der Waals surface area contributed by atoms with Gasteiger partial charge < -0.3 is 14.2 Å². The number of pyridine rings is 1. The molecule has 17 heavy (non-hydrogen) atoms. The van der Waals surface area contributed by atoms with E-state index in [9.17, 15) is 9.59 Å². The summed E-state index contributed by atoms with van der Waals surface area (Å²) in [4.78, 5) is 24.8. The van der Waals surface area contributed by atoms with Gasteiger partial charge in [-0.2, -0.15) is 0 Å². The summed E-state index contributed by atoms with van der Waals surface area (Å²) in [7, 11) is 1.65. The predicted molar refractivity (Wildman–Crippen MR) is 63.1 cm³/mol. The van der Waals surface area contributed by atoms with Crippen molar-refractivity contribution in [3.8, 4) is 5.75 Å². The third-order valence-corrected chi connectivity index (χ3v) is 2.90. The summed E-state index contributed by atoms with van der Waals surface area (Å²) in [6.45, 7) is 1.48. The molecule has 1 aromatic heterocycles. The van der Waals surface area contributed by atoms with E-state index in [-0.39, 0.29) is 11.7 Å². The number of amides is 1. The van der Waals surface area contributed by atoms with Crippen LogP contribution < -0.4 is 10.3 Å². The first kappa shape index (κ1) is 11.7. The molecule has 0 spiro atoms. The summed E-state index contributed by atoms with van der Waals surface area (Å²) in [5, 5.41) is 0. The van der Waals surface area contributed by atoms with E-state index in [1.165, 1.54) is 10.6 Å². The topological polar surface area (TPSA) is 51.5 Å². The second kappa shape index (κ2) is 5.03. The number of piperidine rings is 1. The molecule has 0 aliphatic carbocycles. The Morgan fingerprint density at radius 1 is 1.29 bits per heavy atom. The molecular weight excluding hydrogens is 220 g/mol. The van der Waals surface area contributed by atoms with Crippen LogP contribution in [0.3, 0.4) is 0 Å². The van der Waals surface area contributed by atoms with Gasteiger partial charge in [-0.05, 0) is 25.3 Å². The number of rotatable bonds is 1. The van der Waals surface area contributed by atoms with Crippen LogP contribution >= 0.6 is 0 Å². The molecule has 1 aliphatic rings. The average Bonchev–Trinajstić information content (AvgIpc) is 2.35. The second-order valence-corrected chi connectivity index (χ2v) is 4.23. The molecule has 0 aromatic carbocycles. The standard InChI is InChI=1S/C12H16N2O3/c1-13-8-5-10(9-11(13)15)17-12(16)14-6-3-2-4-7-14/h5,8-9H,2-4,6-7H2,1H3. The number of carbonyl (C=O) groups excluding carboxylic acids is 1. The summed E-state index contributed by atoms with van der Waals surface area (Å²) in [6, 6.07) is 2.94. The Morgan fingerprint density at radius 2 is 2.00 bits per heavy atom. The second-order valence-electron chi connectivity index (χ2n) is 4.23. The first-order chi connectivity index (χ1) is 8.16. The van der Waals surface area contributed by atoms with E-state index in [0.29, 0.717) is 5.75 Å². The van der Waals surface area contributed by atoms with Gasteiger partial charge in [-0.25, -0.2) is 4.79 Å². The lowest BCUT2D eigenvalue weighted by molar-refractivity contribution is 0.142. The molecule has 5 nitrogen and oxygen atoms in total. The van der Waals surface area contributed by atoms with Gasteiger partial charge in [0.1, 0.15) is 5.75 Å². The smallest absolute Gasteiger partial charge is 0.410 e. The van der Waals surface area contributed by atoms with Gasteiger partial charge in [0.15, 0.2) is 0 Å². The van der Waals surface area contributed by atoms with E-state index in [4.69, 9.17) is 4.74 Å². The van der Waals surface area contributed by atoms with E-state index in [1.807, 2.05) is 0 Å².